The maximum Gasteiger partial charge on any atom is 0.416 e. The molecule has 4 nitrogen and oxygen atoms in total. The molecule has 1 aliphatic rings. The third-order valence-corrected chi connectivity index (χ3v) is 5.45. The fourth-order valence-electron chi connectivity index (χ4n) is 2.82. The van der Waals surface area contributed by atoms with Crippen LogP contribution in [0.5, 0.6) is 5.75 Å². The van der Waals surface area contributed by atoms with Gasteiger partial charge in [0.05, 0.1) is 21.3 Å². The number of aromatic hydroxyl groups is 1. The highest BCUT2D eigenvalue weighted by Gasteiger charge is 2.31. The molecule has 1 saturated carbocycles. The Balaban J connectivity index is 1.63. The summed E-state index contributed by atoms with van der Waals surface area (Å²) >= 11 is 6.98. The van der Waals surface area contributed by atoms with Crippen molar-refractivity contribution in [3.63, 3.8) is 0 Å². The summed E-state index contributed by atoms with van der Waals surface area (Å²) in [5.74, 6) is -0.551. The molecule has 0 unspecified atom stereocenters. The summed E-state index contributed by atoms with van der Waals surface area (Å²) in [6, 6.07) is 6.18. The zero-order chi connectivity index (χ0) is 19.3. The topological polar surface area (TPSA) is 62.2 Å². The van der Waals surface area contributed by atoms with Crippen molar-refractivity contribution < 1.29 is 23.1 Å². The van der Waals surface area contributed by atoms with Crippen LogP contribution >= 0.6 is 22.9 Å². The molecule has 4 rings (SSSR count). The molecule has 1 heterocycles. The number of thiazole rings is 1. The molecule has 2 aromatic carbocycles. The van der Waals surface area contributed by atoms with Crippen molar-refractivity contribution in [3.05, 3.63) is 52.0 Å². The molecular weight excluding hydrogens is 401 g/mol. The predicted molar refractivity (Wildman–Crippen MR) is 97.7 cm³/mol. The summed E-state index contributed by atoms with van der Waals surface area (Å²) in [4.78, 5) is 16.7. The number of hydrogen-bond donors (Lipinski definition) is 2. The van der Waals surface area contributed by atoms with Crippen molar-refractivity contribution in [1.29, 1.82) is 0 Å². The third kappa shape index (κ3) is 3.59. The maximum atomic E-state index is 12.8. The molecule has 27 heavy (non-hydrogen) atoms. The number of fused-ring (bicyclic) bond motifs is 1. The van der Waals surface area contributed by atoms with Crippen molar-refractivity contribution in [2.75, 3.05) is 5.32 Å². The third-order valence-electron chi connectivity index (χ3n) is 4.30. The number of hydrogen-bond acceptors (Lipinski definition) is 4. The van der Waals surface area contributed by atoms with Crippen LogP contribution < -0.4 is 5.32 Å². The number of nitrogens with zero attached hydrogens (tertiary/aromatic N) is 1. The highest BCUT2D eigenvalue weighted by molar-refractivity contribution is 7.22. The molecule has 140 valence electrons. The Kier molecular flexibility index (Phi) is 4.27. The summed E-state index contributed by atoms with van der Waals surface area (Å²) in [6.07, 6.45) is -2.60. The predicted octanol–water partition coefficient (Wildman–Crippen LogP) is 5.80. The number of nitrogens with one attached hydrogen (secondary N) is 1. The van der Waals surface area contributed by atoms with E-state index in [2.05, 4.69) is 10.3 Å². The van der Waals surface area contributed by atoms with E-state index in [1.54, 1.807) is 6.07 Å². The van der Waals surface area contributed by atoms with Crippen molar-refractivity contribution in [2.24, 2.45) is 0 Å². The van der Waals surface area contributed by atoms with Gasteiger partial charge in [-0.05, 0) is 54.7 Å². The van der Waals surface area contributed by atoms with Gasteiger partial charge in [-0.25, -0.2) is 4.98 Å². The Morgan fingerprint density at radius 3 is 2.67 bits per heavy atom. The number of rotatable bonds is 3. The van der Waals surface area contributed by atoms with Crippen LogP contribution in [0.15, 0.2) is 30.3 Å². The van der Waals surface area contributed by atoms with Crippen LogP contribution in [0.4, 0.5) is 18.3 Å². The molecule has 1 amide bonds. The molecule has 0 radical (unpaired) electrons. The Morgan fingerprint density at radius 1 is 1.26 bits per heavy atom. The van der Waals surface area contributed by atoms with Crippen molar-refractivity contribution in [3.8, 4) is 5.75 Å². The van der Waals surface area contributed by atoms with Gasteiger partial charge in [-0.2, -0.15) is 13.2 Å². The Morgan fingerprint density at radius 2 is 2.00 bits per heavy atom. The van der Waals surface area contributed by atoms with Crippen LogP contribution in [0.2, 0.25) is 5.02 Å². The van der Waals surface area contributed by atoms with E-state index in [1.807, 2.05) is 0 Å². The normalized spacial score (nSPS) is 14.5. The second kappa shape index (κ2) is 6.38. The monoisotopic (exact) mass is 412 g/mol. The molecule has 1 aromatic heterocycles. The number of phenols is 1. The van der Waals surface area contributed by atoms with Crippen LogP contribution in [0, 0.1) is 0 Å². The van der Waals surface area contributed by atoms with Crippen LogP contribution in [0.25, 0.3) is 10.2 Å². The number of anilines is 1. The molecule has 9 heteroatoms. The molecule has 3 aromatic rings. The van der Waals surface area contributed by atoms with Crippen LogP contribution in [-0.2, 0) is 6.18 Å². The second-order valence-electron chi connectivity index (χ2n) is 6.32. The summed E-state index contributed by atoms with van der Waals surface area (Å²) in [5.41, 5.74) is 0.210. The van der Waals surface area contributed by atoms with E-state index in [1.165, 1.54) is 12.1 Å². The van der Waals surface area contributed by atoms with Crippen LogP contribution in [0.3, 0.4) is 0 Å². The lowest BCUT2D eigenvalue weighted by Gasteiger charge is -2.09. The quantitative estimate of drug-likeness (QED) is 0.571. The Bertz CT molecular complexity index is 1060. The van der Waals surface area contributed by atoms with E-state index in [0.29, 0.717) is 20.8 Å². The molecule has 0 aliphatic heterocycles. The van der Waals surface area contributed by atoms with Gasteiger partial charge in [-0.1, -0.05) is 22.9 Å². The van der Waals surface area contributed by atoms with Crippen LogP contribution in [0.1, 0.15) is 40.2 Å². The smallest absolute Gasteiger partial charge is 0.416 e. The molecule has 0 spiro atoms. The fraction of sp³-hybridized carbons (Fsp3) is 0.222. The molecule has 2 N–H and O–H groups in total. The number of halogens is 4. The number of amides is 1. The minimum atomic E-state index is -4.45. The number of phenolic OH excluding ortho intramolecular Hbond substituents is 1. The lowest BCUT2D eigenvalue weighted by molar-refractivity contribution is -0.137. The van der Waals surface area contributed by atoms with E-state index in [0.717, 1.165) is 36.3 Å². The highest BCUT2D eigenvalue weighted by atomic mass is 35.5. The summed E-state index contributed by atoms with van der Waals surface area (Å²) in [7, 11) is 0. The van der Waals surface area contributed by atoms with Gasteiger partial charge in [0.2, 0.25) is 0 Å². The molecule has 0 saturated heterocycles. The second-order valence-corrected chi connectivity index (χ2v) is 7.79. The Labute approximate surface area is 160 Å². The molecule has 1 fully saturated rings. The minimum absolute atomic E-state index is 0.0136. The van der Waals surface area contributed by atoms with Crippen molar-refractivity contribution in [1.82, 2.24) is 4.98 Å². The van der Waals surface area contributed by atoms with Gasteiger partial charge in [0.1, 0.15) is 5.75 Å². The summed E-state index contributed by atoms with van der Waals surface area (Å²) in [5, 5.41) is 13.4. The van der Waals surface area contributed by atoms with E-state index < -0.39 is 17.6 Å². The molecule has 0 bridgehead atoms. The maximum absolute atomic E-state index is 12.8. The first kappa shape index (κ1) is 18.1. The Hall–Kier alpha value is -2.32. The van der Waals surface area contributed by atoms with E-state index in [4.69, 9.17) is 11.6 Å². The van der Waals surface area contributed by atoms with Gasteiger partial charge < -0.3 is 5.11 Å². The van der Waals surface area contributed by atoms with Gasteiger partial charge >= 0.3 is 6.18 Å². The zero-order valence-electron chi connectivity index (χ0n) is 13.6. The lowest BCUT2D eigenvalue weighted by Crippen LogP contribution is -2.12. The highest BCUT2D eigenvalue weighted by Crippen LogP contribution is 2.46. The zero-order valence-corrected chi connectivity index (χ0v) is 15.2. The number of carbonyl (C=O) groups is 1. The first-order valence-corrected chi connectivity index (χ1v) is 9.23. The first-order valence-electron chi connectivity index (χ1n) is 8.04. The average molecular weight is 413 g/mol. The van der Waals surface area contributed by atoms with Gasteiger partial charge in [0.25, 0.3) is 5.91 Å². The van der Waals surface area contributed by atoms with Gasteiger partial charge in [-0.15, -0.1) is 0 Å². The number of alkyl halides is 3. The molecular formula is C18H12ClF3N2O2S. The molecule has 0 atom stereocenters. The van der Waals surface area contributed by atoms with Crippen molar-refractivity contribution >= 4 is 44.2 Å². The lowest BCUT2D eigenvalue weighted by atomic mass is 10.0. The molecule has 1 aliphatic carbocycles. The fourth-order valence-corrected chi connectivity index (χ4v) is 3.94. The standard InChI is InChI=1S/C18H12ClF3N2O2S/c19-10-6-11(8-1-2-8)15(25)12(7-10)16(26)24-17-23-13-4-3-9(18(20,21)22)5-14(13)27-17/h3-8,25H,1-2H2,(H,23,24,26). The van der Waals surface area contributed by atoms with E-state index in [-0.39, 0.29) is 22.4 Å². The van der Waals surface area contributed by atoms with E-state index in [9.17, 15) is 23.1 Å². The average Bonchev–Trinajstić information content (AvgIpc) is 3.35. The van der Waals surface area contributed by atoms with E-state index >= 15 is 0 Å². The summed E-state index contributed by atoms with van der Waals surface area (Å²) in [6.45, 7) is 0. The largest absolute Gasteiger partial charge is 0.507 e. The van der Waals surface area contributed by atoms with Crippen LogP contribution in [-0.4, -0.2) is 16.0 Å². The van der Waals surface area contributed by atoms with Gasteiger partial charge in [0, 0.05) is 5.02 Å². The van der Waals surface area contributed by atoms with Gasteiger partial charge in [-0.3, -0.25) is 10.1 Å². The van der Waals surface area contributed by atoms with Gasteiger partial charge in [0.15, 0.2) is 5.13 Å². The summed E-state index contributed by atoms with van der Waals surface area (Å²) < 4.78 is 38.8. The van der Waals surface area contributed by atoms with Crippen molar-refractivity contribution in [2.45, 2.75) is 24.9 Å². The number of benzene rings is 2. The number of aromatic nitrogens is 1. The first-order chi connectivity index (χ1) is 12.7. The number of carbonyl (C=O) groups excluding carboxylic acids is 1. The SMILES string of the molecule is O=C(Nc1nc2ccc(C(F)(F)F)cc2s1)c1cc(Cl)cc(C2CC2)c1O. The minimum Gasteiger partial charge on any atom is -0.507 e.